The minimum Gasteiger partial charge on any atom is -0.310 e. The highest BCUT2D eigenvalue weighted by atomic mass is 28.3. The normalized spacial score (nSPS) is 12.4. The smallest absolute Gasteiger partial charge is 0.179 e. The van der Waals surface area contributed by atoms with E-state index in [0.717, 1.165) is 34.1 Å². The molecule has 16 aromatic rings. The Bertz CT molecular complexity index is 4960. The lowest BCUT2D eigenvalue weighted by molar-refractivity contribution is 0.661. The Balaban J connectivity index is 0.856. The Labute approximate surface area is 583 Å². The van der Waals surface area contributed by atoms with Gasteiger partial charge in [0.25, 0.3) is 0 Å². The molecule has 99 heavy (non-hydrogen) atoms. The molecule has 0 saturated carbocycles. The van der Waals surface area contributed by atoms with Gasteiger partial charge in [-0.1, -0.05) is 354 Å². The fourth-order valence-electron chi connectivity index (χ4n) is 16.3. The molecule has 0 heterocycles. The molecule has 17 rings (SSSR count). The molecule has 1 aliphatic carbocycles. The minimum atomic E-state index is -2.84. The number of benzene rings is 16. The van der Waals surface area contributed by atoms with Crippen LogP contribution >= 0.6 is 0 Å². The third-order valence-electron chi connectivity index (χ3n) is 20.9. The zero-order valence-electron chi connectivity index (χ0n) is 55.5. The molecule has 0 saturated heterocycles. The maximum absolute atomic E-state index is 2.84. The SMILES string of the molecule is CC1(C)c2cc(N(c3ccc(-c4ccccc4)cc3)c3ccc([Si](c4ccccc4)(c4ccccc4)c4ccccc4)cc3)c3ccccc3c2-c2c1cc(N(c1ccc(-c3ccccc3)cc1)c1ccc([Si](c3ccccc3)(c3ccccc3)c3ccccc3)cc1)c1ccccc21. The zero-order valence-corrected chi connectivity index (χ0v) is 57.5. The second-order valence-corrected chi connectivity index (χ2v) is 34.3. The van der Waals surface area contributed by atoms with Crippen LogP contribution in [0.15, 0.2) is 400 Å². The fourth-order valence-corrected chi connectivity index (χ4v) is 25.8. The number of hydrogen-bond acceptors (Lipinski definition) is 2. The zero-order chi connectivity index (χ0) is 66.3. The van der Waals surface area contributed by atoms with E-state index in [9.17, 15) is 0 Å². The van der Waals surface area contributed by atoms with Crippen molar-refractivity contribution >= 4 is 113 Å². The lowest BCUT2D eigenvalue weighted by atomic mass is 9.81. The van der Waals surface area contributed by atoms with Crippen LogP contribution in [0.3, 0.4) is 0 Å². The maximum Gasteiger partial charge on any atom is 0.179 e. The topological polar surface area (TPSA) is 6.48 Å². The lowest BCUT2D eigenvalue weighted by Gasteiger charge is -2.35. The lowest BCUT2D eigenvalue weighted by Crippen LogP contribution is -2.74. The summed E-state index contributed by atoms with van der Waals surface area (Å²) in [6.07, 6.45) is 0. The van der Waals surface area contributed by atoms with E-state index in [1.807, 2.05) is 0 Å². The van der Waals surface area contributed by atoms with Crippen LogP contribution in [-0.2, 0) is 5.41 Å². The molecule has 0 amide bonds. The van der Waals surface area contributed by atoms with Crippen molar-refractivity contribution in [3.05, 3.63) is 412 Å². The highest BCUT2D eigenvalue weighted by Crippen LogP contribution is 2.58. The first-order chi connectivity index (χ1) is 48.9. The Morgan fingerprint density at radius 1 is 0.202 bits per heavy atom. The summed E-state index contributed by atoms with van der Waals surface area (Å²) >= 11 is 0. The number of rotatable bonds is 16. The first-order valence-corrected chi connectivity index (χ1v) is 38.5. The van der Waals surface area contributed by atoms with Gasteiger partial charge >= 0.3 is 0 Å². The summed E-state index contributed by atoms with van der Waals surface area (Å²) in [7, 11) is -5.68. The van der Waals surface area contributed by atoms with Crippen molar-refractivity contribution in [2.75, 3.05) is 9.80 Å². The quantitative estimate of drug-likeness (QED) is 0.0703. The first-order valence-electron chi connectivity index (χ1n) is 34.5. The van der Waals surface area contributed by atoms with Crippen LogP contribution in [-0.4, -0.2) is 16.1 Å². The molecule has 1 aliphatic rings. The minimum absolute atomic E-state index is 0.458. The van der Waals surface area contributed by atoms with Crippen molar-refractivity contribution in [2.24, 2.45) is 0 Å². The van der Waals surface area contributed by atoms with Crippen molar-refractivity contribution in [1.82, 2.24) is 0 Å². The fraction of sp³-hybridized carbons (Fsp3) is 0.0316. The highest BCUT2D eigenvalue weighted by molar-refractivity contribution is 7.20. The molecule has 0 bridgehead atoms. The molecule has 0 N–H and O–H groups in total. The van der Waals surface area contributed by atoms with Gasteiger partial charge in [0, 0.05) is 38.9 Å². The number of hydrogen-bond donors (Lipinski definition) is 0. The second-order valence-electron chi connectivity index (χ2n) is 26.6. The Morgan fingerprint density at radius 2 is 0.404 bits per heavy atom. The average molecular weight is 1300 g/mol. The molecule has 4 heteroatoms. The van der Waals surface area contributed by atoms with Gasteiger partial charge in [-0.2, -0.15) is 0 Å². The molecule has 0 radical (unpaired) electrons. The van der Waals surface area contributed by atoms with Crippen LogP contribution in [0.2, 0.25) is 0 Å². The van der Waals surface area contributed by atoms with Crippen molar-refractivity contribution in [2.45, 2.75) is 19.3 Å². The Kier molecular flexibility index (Phi) is 15.7. The Hall–Kier alpha value is -11.9. The van der Waals surface area contributed by atoms with Crippen molar-refractivity contribution in [3.8, 4) is 33.4 Å². The van der Waals surface area contributed by atoms with Crippen LogP contribution in [0.4, 0.5) is 34.1 Å². The Morgan fingerprint density at radius 3 is 0.667 bits per heavy atom. The molecule has 16 aromatic carbocycles. The van der Waals surface area contributed by atoms with E-state index >= 15 is 0 Å². The van der Waals surface area contributed by atoms with E-state index in [1.54, 1.807) is 0 Å². The summed E-state index contributed by atoms with van der Waals surface area (Å²) in [4.78, 5) is 5.05. The standard InChI is InChI=1S/C95H72N2Si2/c1-95(2)89-67-91(96(73-55-51-71(52-56-73)69-31-11-3-12-32-69)75-59-63-83(64-60-75)98(77-35-15-5-16-36-77,78-37-17-6-18-38-78)79-39-19-7-20-40-79)85-47-27-29-49-87(85)93(89)94-88-50-30-28-48-86(88)92(68-90(94)95)97(74-57-53-72(54-58-74)70-33-13-4-14-34-70)76-61-65-84(66-62-76)99(80-41-21-8-22-42-80,81-43-23-9-24-44-81)82-45-25-10-26-46-82/h3-68H,1-2H3. The van der Waals surface area contributed by atoms with Gasteiger partial charge in [0.15, 0.2) is 16.1 Å². The predicted molar refractivity (Wildman–Crippen MR) is 426 cm³/mol. The molecular weight excluding hydrogens is 1230 g/mol. The van der Waals surface area contributed by atoms with E-state index in [2.05, 4.69) is 424 Å². The molecule has 0 aliphatic heterocycles. The molecule has 470 valence electrons. The van der Waals surface area contributed by atoms with Crippen molar-refractivity contribution in [1.29, 1.82) is 0 Å². The summed E-state index contributed by atoms with van der Waals surface area (Å²) in [5, 5.41) is 15.6. The maximum atomic E-state index is 2.54. The van der Waals surface area contributed by atoms with Crippen LogP contribution in [0.1, 0.15) is 25.0 Å². The highest BCUT2D eigenvalue weighted by Gasteiger charge is 2.44. The van der Waals surface area contributed by atoms with Crippen molar-refractivity contribution in [3.63, 3.8) is 0 Å². The number of nitrogens with zero attached hydrogens (tertiary/aromatic N) is 2. The van der Waals surface area contributed by atoms with Gasteiger partial charge in [-0.3, -0.25) is 0 Å². The van der Waals surface area contributed by atoms with Gasteiger partial charge in [0.05, 0.1) is 11.4 Å². The molecule has 0 aromatic heterocycles. The van der Waals surface area contributed by atoms with E-state index in [1.165, 1.54) is 108 Å². The van der Waals surface area contributed by atoms with Crippen LogP contribution in [0.25, 0.3) is 54.9 Å². The molecule has 0 unspecified atom stereocenters. The molecule has 2 nitrogen and oxygen atoms in total. The molecule has 0 fully saturated rings. The summed E-state index contributed by atoms with van der Waals surface area (Å²) in [6, 6.07) is 150. The average Bonchev–Trinajstić information content (AvgIpc) is 1.56. The van der Waals surface area contributed by atoms with Crippen LogP contribution < -0.4 is 51.3 Å². The number of fused-ring (bicyclic) bond motifs is 7. The van der Waals surface area contributed by atoms with Gasteiger partial charge in [-0.25, -0.2) is 0 Å². The van der Waals surface area contributed by atoms with Gasteiger partial charge in [0.1, 0.15) is 0 Å². The summed E-state index contributed by atoms with van der Waals surface area (Å²) < 4.78 is 0. The van der Waals surface area contributed by atoms with E-state index in [-0.39, 0.29) is 0 Å². The van der Waals surface area contributed by atoms with Gasteiger partial charge in [0.2, 0.25) is 0 Å². The number of anilines is 6. The summed E-state index contributed by atoms with van der Waals surface area (Å²) in [5.41, 5.74) is 16.1. The monoisotopic (exact) mass is 1300 g/mol. The summed E-state index contributed by atoms with van der Waals surface area (Å²) in [6.45, 7) is 4.91. The molecule has 0 atom stereocenters. The van der Waals surface area contributed by atoms with Gasteiger partial charge in [-0.05, 0) is 157 Å². The van der Waals surface area contributed by atoms with Crippen LogP contribution in [0, 0.1) is 0 Å². The summed E-state index contributed by atoms with van der Waals surface area (Å²) in [5.74, 6) is 0. The third kappa shape index (κ3) is 10.4. The van der Waals surface area contributed by atoms with Crippen LogP contribution in [0.5, 0.6) is 0 Å². The first kappa shape index (κ1) is 60.7. The molecule has 0 spiro atoms. The second kappa shape index (κ2) is 25.6. The van der Waals surface area contributed by atoms with E-state index in [4.69, 9.17) is 0 Å². The molecular formula is C95H72N2Si2. The van der Waals surface area contributed by atoms with Gasteiger partial charge < -0.3 is 9.80 Å². The predicted octanol–water partition coefficient (Wildman–Crippen LogP) is 19.3. The van der Waals surface area contributed by atoms with Crippen molar-refractivity contribution < 1.29 is 0 Å². The third-order valence-corrected chi connectivity index (χ3v) is 30.5. The van der Waals surface area contributed by atoms with Gasteiger partial charge in [-0.15, -0.1) is 0 Å². The largest absolute Gasteiger partial charge is 0.310 e. The van der Waals surface area contributed by atoms with E-state index < -0.39 is 21.6 Å². The van der Waals surface area contributed by atoms with E-state index in [0.29, 0.717) is 0 Å².